The van der Waals surface area contributed by atoms with Crippen LogP contribution in [-0.2, 0) is 13.9 Å². The maximum atomic E-state index is 6.43. The summed E-state index contributed by atoms with van der Waals surface area (Å²) in [5.74, 6) is 0. The number of halogens is 2. The van der Waals surface area contributed by atoms with Gasteiger partial charge >= 0.3 is 0 Å². The van der Waals surface area contributed by atoms with Crippen molar-refractivity contribution in [2.75, 3.05) is 13.2 Å². The summed E-state index contributed by atoms with van der Waals surface area (Å²) in [4.78, 5) is 8.54. The third-order valence-corrected chi connectivity index (χ3v) is 11.5. The fourth-order valence-corrected chi connectivity index (χ4v) is 5.32. The van der Waals surface area contributed by atoms with E-state index in [0.29, 0.717) is 24.8 Å². The highest BCUT2D eigenvalue weighted by Crippen LogP contribution is 2.39. The van der Waals surface area contributed by atoms with E-state index in [4.69, 9.17) is 25.5 Å². The van der Waals surface area contributed by atoms with E-state index in [0.717, 1.165) is 14.6 Å². The molecule has 0 aliphatic carbocycles. The first-order chi connectivity index (χ1) is 13.5. The Morgan fingerprint density at radius 1 is 1.41 bits per heavy atom. The van der Waals surface area contributed by atoms with Crippen LogP contribution in [0, 0.1) is 3.57 Å². The number of ether oxygens (including phenoxy) is 2. The summed E-state index contributed by atoms with van der Waals surface area (Å²) in [5, 5.41) is 1.44. The number of hydrogen-bond donors (Lipinski definition) is 0. The fourth-order valence-electron chi connectivity index (χ4n) is 3.12. The number of fused-ring (bicyclic) bond motifs is 1. The average molecular weight is 550 g/mol. The van der Waals surface area contributed by atoms with Crippen LogP contribution in [0.25, 0.3) is 11.0 Å². The van der Waals surface area contributed by atoms with E-state index in [-0.39, 0.29) is 23.5 Å². The zero-order valence-corrected chi connectivity index (χ0v) is 21.5. The van der Waals surface area contributed by atoms with Gasteiger partial charge in [-0.15, -0.1) is 6.58 Å². The Labute approximate surface area is 192 Å². The number of nitrogens with zero attached hydrogens (tertiary/aromatic N) is 3. The van der Waals surface area contributed by atoms with Gasteiger partial charge in [0.15, 0.2) is 8.32 Å². The smallest absolute Gasteiger partial charge is 0.192 e. The predicted molar refractivity (Wildman–Crippen MR) is 127 cm³/mol. The normalized spacial score (nSPS) is 23.1. The van der Waals surface area contributed by atoms with Gasteiger partial charge in [-0.05, 0) is 40.7 Å². The SMILES string of the molecule is C=CCOC1C[C@H](n2cc(I)c3c(Cl)ncnc32)O[C@@H]1CO[Si](C)(C)C(C)(C)C. The molecule has 29 heavy (non-hydrogen) atoms. The number of rotatable bonds is 7. The van der Waals surface area contributed by atoms with E-state index < -0.39 is 8.32 Å². The van der Waals surface area contributed by atoms with Crippen molar-refractivity contribution in [3.05, 3.63) is 33.9 Å². The summed E-state index contributed by atoms with van der Waals surface area (Å²) in [6.45, 7) is 16.0. The van der Waals surface area contributed by atoms with Crippen LogP contribution in [0.2, 0.25) is 23.3 Å². The standard InChI is InChI=1S/C20H29ClIN3O3Si/c1-7-8-26-14-9-16(28-15(14)11-27-29(5,6)20(2,3)4)25-10-13(22)17-18(21)23-12-24-19(17)25/h7,10,12,14-16H,1,8-9,11H2,2-6H3/t14?,15-,16-/m1/s1. The molecule has 1 saturated heterocycles. The van der Waals surface area contributed by atoms with E-state index in [9.17, 15) is 0 Å². The molecule has 160 valence electrons. The molecule has 0 amide bonds. The molecule has 1 aliphatic heterocycles. The lowest BCUT2D eigenvalue weighted by atomic mass is 10.2. The second kappa shape index (κ2) is 8.92. The van der Waals surface area contributed by atoms with Crippen molar-refractivity contribution in [3.8, 4) is 0 Å². The molecule has 9 heteroatoms. The molecule has 3 heterocycles. The Bertz CT molecular complexity index is 884. The topological polar surface area (TPSA) is 58.4 Å². The van der Waals surface area contributed by atoms with Crippen LogP contribution in [0.15, 0.2) is 25.2 Å². The summed E-state index contributed by atoms with van der Waals surface area (Å²) in [5.41, 5.74) is 0.771. The predicted octanol–water partition coefficient (Wildman–Crippen LogP) is 5.57. The molecule has 0 radical (unpaired) electrons. The van der Waals surface area contributed by atoms with Gasteiger partial charge in [0.05, 0.1) is 24.7 Å². The van der Waals surface area contributed by atoms with Gasteiger partial charge in [-0.2, -0.15) is 0 Å². The Kier molecular flexibility index (Phi) is 7.12. The quantitative estimate of drug-likeness (QED) is 0.196. The average Bonchev–Trinajstić information content (AvgIpc) is 3.19. The molecule has 3 rings (SSSR count). The molecule has 1 unspecified atom stereocenters. The Hall–Kier alpha value is -0.523. The lowest BCUT2D eigenvalue weighted by Crippen LogP contribution is -2.44. The second-order valence-electron chi connectivity index (χ2n) is 8.84. The summed E-state index contributed by atoms with van der Waals surface area (Å²) in [7, 11) is -1.88. The van der Waals surface area contributed by atoms with E-state index in [1.165, 1.54) is 6.33 Å². The van der Waals surface area contributed by atoms with E-state index >= 15 is 0 Å². The van der Waals surface area contributed by atoms with E-state index in [1.54, 1.807) is 6.08 Å². The van der Waals surface area contributed by atoms with E-state index in [2.05, 4.69) is 73.0 Å². The van der Waals surface area contributed by atoms with Crippen molar-refractivity contribution in [2.45, 2.75) is 63.8 Å². The highest BCUT2D eigenvalue weighted by Gasteiger charge is 2.42. The van der Waals surface area contributed by atoms with Crippen LogP contribution < -0.4 is 0 Å². The Balaban J connectivity index is 1.82. The molecule has 0 bridgehead atoms. The van der Waals surface area contributed by atoms with Crippen molar-refractivity contribution < 1.29 is 13.9 Å². The monoisotopic (exact) mass is 549 g/mol. The van der Waals surface area contributed by atoms with Gasteiger partial charge in [-0.25, -0.2) is 9.97 Å². The van der Waals surface area contributed by atoms with Gasteiger partial charge in [0.1, 0.15) is 29.5 Å². The summed E-state index contributed by atoms with van der Waals surface area (Å²) in [6, 6.07) is 0. The molecular formula is C20H29ClIN3O3Si. The van der Waals surface area contributed by atoms with Gasteiger partial charge in [0.25, 0.3) is 0 Å². The van der Waals surface area contributed by atoms with Crippen molar-refractivity contribution in [3.63, 3.8) is 0 Å². The summed E-state index contributed by atoms with van der Waals surface area (Å²) in [6.07, 6.45) is 5.54. The molecule has 1 fully saturated rings. The van der Waals surface area contributed by atoms with Crippen LogP contribution >= 0.6 is 34.2 Å². The zero-order valence-electron chi connectivity index (χ0n) is 17.6. The van der Waals surface area contributed by atoms with Gasteiger partial charge in [0, 0.05) is 16.2 Å². The molecule has 2 aromatic heterocycles. The third kappa shape index (κ3) is 4.88. The second-order valence-corrected chi connectivity index (χ2v) is 15.2. The number of aromatic nitrogens is 3. The summed E-state index contributed by atoms with van der Waals surface area (Å²) >= 11 is 8.55. The van der Waals surface area contributed by atoms with Crippen LogP contribution in [0.4, 0.5) is 0 Å². The Morgan fingerprint density at radius 3 is 2.79 bits per heavy atom. The molecule has 6 nitrogen and oxygen atoms in total. The molecule has 0 N–H and O–H groups in total. The van der Waals surface area contributed by atoms with Crippen molar-refractivity contribution in [1.82, 2.24) is 14.5 Å². The van der Waals surface area contributed by atoms with Crippen molar-refractivity contribution in [1.29, 1.82) is 0 Å². The van der Waals surface area contributed by atoms with Gasteiger partial charge in [-0.1, -0.05) is 38.4 Å². The maximum absolute atomic E-state index is 6.43. The van der Waals surface area contributed by atoms with Crippen molar-refractivity contribution >= 4 is 53.5 Å². The molecule has 3 atom stereocenters. The van der Waals surface area contributed by atoms with Gasteiger partial charge in [0.2, 0.25) is 0 Å². The first-order valence-electron chi connectivity index (χ1n) is 9.73. The molecule has 0 aromatic carbocycles. The van der Waals surface area contributed by atoms with Crippen LogP contribution in [0.3, 0.4) is 0 Å². The summed E-state index contributed by atoms with van der Waals surface area (Å²) < 4.78 is 21.9. The van der Waals surface area contributed by atoms with Crippen molar-refractivity contribution in [2.24, 2.45) is 0 Å². The van der Waals surface area contributed by atoms with Gasteiger partial charge in [-0.3, -0.25) is 0 Å². The van der Waals surface area contributed by atoms with Crippen LogP contribution in [0.1, 0.15) is 33.4 Å². The minimum Gasteiger partial charge on any atom is -0.414 e. The minimum absolute atomic E-state index is 0.0739. The molecule has 0 spiro atoms. The minimum atomic E-state index is -1.88. The highest BCUT2D eigenvalue weighted by molar-refractivity contribution is 14.1. The largest absolute Gasteiger partial charge is 0.414 e. The zero-order chi connectivity index (χ0) is 21.4. The molecule has 2 aromatic rings. The maximum Gasteiger partial charge on any atom is 0.192 e. The highest BCUT2D eigenvalue weighted by atomic mass is 127. The lowest BCUT2D eigenvalue weighted by Gasteiger charge is -2.37. The third-order valence-electron chi connectivity index (χ3n) is 5.85. The van der Waals surface area contributed by atoms with Gasteiger partial charge < -0.3 is 18.5 Å². The fraction of sp³-hybridized carbons (Fsp3) is 0.600. The first-order valence-corrected chi connectivity index (χ1v) is 14.1. The first kappa shape index (κ1) is 23.1. The van der Waals surface area contributed by atoms with Crippen LogP contribution in [-0.4, -0.2) is 48.3 Å². The lowest BCUT2D eigenvalue weighted by molar-refractivity contribution is -0.0535. The van der Waals surface area contributed by atoms with E-state index in [1.807, 2.05) is 10.8 Å². The van der Waals surface area contributed by atoms with Crippen LogP contribution in [0.5, 0.6) is 0 Å². The molecular weight excluding hydrogens is 521 g/mol. The number of hydrogen-bond acceptors (Lipinski definition) is 5. The molecule has 1 aliphatic rings. The Morgan fingerprint density at radius 2 is 2.14 bits per heavy atom. The molecule has 0 saturated carbocycles.